The molecule has 0 aliphatic carbocycles. The molecule has 66 valence electrons. The number of aromatic nitrogens is 1. The molecule has 1 rings (SSSR count). The van der Waals surface area contributed by atoms with Crippen LogP contribution in [0.4, 0.5) is 13.2 Å². The average molecular weight is 197 g/mol. The average Bonchev–Trinajstić information content (AvgIpc) is 2.30. The molecule has 0 aromatic carbocycles. The molecule has 0 saturated heterocycles. The van der Waals surface area contributed by atoms with Crippen molar-refractivity contribution in [3.63, 3.8) is 0 Å². The van der Waals surface area contributed by atoms with E-state index in [2.05, 4.69) is 4.37 Å². The molecule has 0 aliphatic heterocycles. The maximum absolute atomic E-state index is 11.9. The van der Waals surface area contributed by atoms with E-state index in [1.807, 2.05) is 0 Å². The van der Waals surface area contributed by atoms with Crippen molar-refractivity contribution in [2.75, 3.05) is 0 Å². The van der Waals surface area contributed by atoms with E-state index >= 15 is 0 Å². The zero-order chi connectivity index (χ0) is 9.35. The quantitative estimate of drug-likeness (QED) is 0.747. The van der Waals surface area contributed by atoms with E-state index in [1.165, 1.54) is 0 Å². The number of halogens is 3. The zero-order valence-corrected chi connectivity index (χ0v) is 6.24. The third-order valence-corrected chi connectivity index (χ3v) is 1.71. The van der Waals surface area contributed by atoms with Gasteiger partial charge >= 0.3 is 12.1 Å². The molecular formula is C5H2F3NO2S. The van der Waals surface area contributed by atoms with Gasteiger partial charge in [-0.25, -0.2) is 4.79 Å². The van der Waals surface area contributed by atoms with E-state index in [4.69, 9.17) is 5.11 Å². The molecule has 0 saturated carbocycles. The van der Waals surface area contributed by atoms with Gasteiger partial charge in [0.1, 0.15) is 5.56 Å². The van der Waals surface area contributed by atoms with Gasteiger partial charge in [-0.05, 0) is 11.5 Å². The Labute approximate surface area is 68.6 Å². The lowest BCUT2D eigenvalue weighted by Crippen LogP contribution is -2.10. The van der Waals surface area contributed by atoms with Gasteiger partial charge in [0.05, 0.1) is 0 Å². The maximum Gasteiger partial charge on any atom is 0.419 e. The minimum Gasteiger partial charge on any atom is -0.476 e. The molecule has 12 heavy (non-hydrogen) atoms. The first-order valence-electron chi connectivity index (χ1n) is 2.68. The van der Waals surface area contributed by atoms with E-state index in [-0.39, 0.29) is 0 Å². The number of nitrogens with zero attached hydrogens (tertiary/aromatic N) is 1. The molecule has 0 amide bonds. The lowest BCUT2D eigenvalue weighted by molar-refractivity contribution is -0.137. The lowest BCUT2D eigenvalue weighted by atomic mass is 10.2. The van der Waals surface area contributed by atoms with Gasteiger partial charge in [-0.2, -0.15) is 17.5 Å². The minimum atomic E-state index is -4.64. The van der Waals surface area contributed by atoms with Gasteiger partial charge in [0.15, 0.2) is 5.69 Å². The number of carbonyl (C=O) groups is 1. The van der Waals surface area contributed by atoms with Crippen LogP contribution in [0.1, 0.15) is 16.1 Å². The van der Waals surface area contributed by atoms with E-state index < -0.39 is 23.4 Å². The fraction of sp³-hybridized carbons (Fsp3) is 0.200. The SMILES string of the molecule is O=C(O)c1nscc1C(F)(F)F. The maximum atomic E-state index is 11.9. The van der Waals surface area contributed by atoms with Crippen molar-refractivity contribution in [2.45, 2.75) is 6.18 Å². The van der Waals surface area contributed by atoms with Crippen LogP contribution in [0.5, 0.6) is 0 Å². The number of hydrogen-bond donors (Lipinski definition) is 1. The summed E-state index contributed by atoms with van der Waals surface area (Å²) < 4.78 is 38.9. The Balaban J connectivity index is 3.17. The van der Waals surface area contributed by atoms with Crippen LogP contribution in [-0.4, -0.2) is 15.4 Å². The van der Waals surface area contributed by atoms with Crippen LogP contribution >= 0.6 is 11.5 Å². The molecular weight excluding hydrogens is 195 g/mol. The third kappa shape index (κ3) is 1.55. The van der Waals surface area contributed by atoms with Crippen LogP contribution in [-0.2, 0) is 6.18 Å². The first kappa shape index (κ1) is 8.98. The molecule has 0 spiro atoms. The third-order valence-electron chi connectivity index (χ3n) is 1.08. The fourth-order valence-corrected chi connectivity index (χ4v) is 1.28. The highest BCUT2D eigenvalue weighted by Gasteiger charge is 2.37. The second kappa shape index (κ2) is 2.74. The Kier molecular flexibility index (Phi) is 2.05. The van der Waals surface area contributed by atoms with Gasteiger partial charge in [0.25, 0.3) is 0 Å². The Bertz CT molecular complexity index is 306. The van der Waals surface area contributed by atoms with Crippen LogP contribution < -0.4 is 0 Å². The van der Waals surface area contributed by atoms with Crippen LogP contribution in [0.3, 0.4) is 0 Å². The summed E-state index contributed by atoms with van der Waals surface area (Å²) in [5.41, 5.74) is -2.13. The lowest BCUT2D eigenvalue weighted by Gasteiger charge is -2.02. The summed E-state index contributed by atoms with van der Waals surface area (Å²) >= 11 is 0.471. The molecule has 7 heteroatoms. The summed E-state index contributed by atoms with van der Waals surface area (Å²) in [7, 11) is 0. The molecule has 1 aromatic heterocycles. The summed E-state index contributed by atoms with van der Waals surface area (Å²) in [6, 6.07) is 0. The van der Waals surface area contributed by atoms with Crippen molar-refractivity contribution in [1.29, 1.82) is 0 Å². The second-order valence-corrected chi connectivity index (χ2v) is 2.51. The van der Waals surface area contributed by atoms with Crippen LogP contribution in [0, 0.1) is 0 Å². The molecule has 0 radical (unpaired) electrons. The molecule has 1 aromatic rings. The fourth-order valence-electron chi connectivity index (χ4n) is 0.592. The van der Waals surface area contributed by atoms with E-state index in [9.17, 15) is 18.0 Å². The van der Waals surface area contributed by atoms with Crippen molar-refractivity contribution in [3.8, 4) is 0 Å². The number of alkyl halides is 3. The Hall–Kier alpha value is -1.11. The predicted octanol–water partition coefficient (Wildman–Crippen LogP) is 1.86. The molecule has 0 atom stereocenters. The highest BCUT2D eigenvalue weighted by atomic mass is 32.1. The highest BCUT2D eigenvalue weighted by molar-refractivity contribution is 7.03. The van der Waals surface area contributed by atoms with Gasteiger partial charge < -0.3 is 5.11 Å². The zero-order valence-electron chi connectivity index (χ0n) is 5.42. The number of aromatic carboxylic acids is 1. The second-order valence-electron chi connectivity index (χ2n) is 1.88. The number of carboxylic acid groups (broad SMARTS) is 1. The van der Waals surface area contributed by atoms with Gasteiger partial charge in [0.2, 0.25) is 0 Å². The monoisotopic (exact) mass is 197 g/mol. The number of hydrogen-bond acceptors (Lipinski definition) is 3. The number of carboxylic acids is 1. The number of rotatable bonds is 1. The van der Waals surface area contributed by atoms with Crippen molar-refractivity contribution < 1.29 is 23.1 Å². The summed E-state index contributed by atoms with van der Waals surface area (Å²) in [4.78, 5) is 10.2. The predicted molar refractivity (Wildman–Crippen MR) is 34.1 cm³/mol. The topological polar surface area (TPSA) is 50.2 Å². The molecule has 0 bridgehead atoms. The molecule has 1 N–H and O–H groups in total. The van der Waals surface area contributed by atoms with Crippen molar-refractivity contribution in [1.82, 2.24) is 4.37 Å². The standard InChI is InChI=1S/C5H2F3NO2S/c6-5(7,8)2-1-12-9-3(2)4(10)11/h1H,(H,10,11). The molecule has 1 heterocycles. The molecule has 0 fully saturated rings. The highest BCUT2D eigenvalue weighted by Crippen LogP contribution is 2.32. The van der Waals surface area contributed by atoms with Crippen LogP contribution in [0.25, 0.3) is 0 Å². The van der Waals surface area contributed by atoms with Crippen LogP contribution in [0.2, 0.25) is 0 Å². The van der Waals surface area contributed by atoms with Gasteiger partial charge in [0, 0.05) is 5.38 Å². The molecule has 0 unspecified atom stereocenters. The van der Waals surface area contributed by atoms with Gasteiger partial charge in [-0.1, -0.05) is 0 Å². The largest absolute Gasteiger partial charge is 0.476 e. The van der Waals surface area contributed by atoms with Gasteiger partial charge in [-0.15, -0.1) is 0 Å². The Morgan fingerprint density at radius 3 is 2.50 bits per heavy atom. The smallest absolute Gasteiger partial charge is 0.419 e. The Morgan fingerprint density at radius 1 is 1.58 bits per heavy atom. The molecule has 3 nitrogen and oxygen atoms in total. The van der Waals surface area contributed by atoms with Crippen molar-refractivity contribution in [3.05, 3.63) is 16.6 Å². The van der Waals surface area contributed by atoms with Crippen molar-refractivity contribution in [2.24, 2.45) is 0 Å². The summed E-state index contributed by atoms with van der Waals surface area (Å²) in [5.74, 6) is -1.66. The summed E-state index contributed by atoms with van der Waals surface area (Å²) in [5, 5.41) is 8.93. The summed E-state index contributed by atoms with van der Waals surface area (Å²) in [6.45, 7) is 0. The minimum absolute atomic E-state index is 0.471. The Morgan fingerprint density at radius 2 is 2.17 bits per heavy atom. The first-order valence-corrected chi connectivity index (χ1v) is 3.51. The first-order chi connectivity index (χ1) is 5.43. The normalized spacial score (nSPS) is 11.6. The van der Waals surface area contributed by atoms with E-state index in [1.54, 1.807) is 0 Å². The van der Waals surface area contributed by atoms with E-state index in [0.717, 1.165) is 0 Å². The van der Waals surface area contributed by atoms with E-state index in [0.29, 0.717) is 16.9 Å². The van der Waals surface area contributed by atoms with Gasteiger partial charge in [-0.3, -0.25) is 0 Å². The molecule has 0 aliphatic rings. The van der Waals surface area contributed by atoms with Crippen molar-refractivity contribution >= 4 is 17.5 Å². The van der Waals surface area contributed by atoms with Crippen LogP contribution in [0.15, 0.2) is 5.38 Å². The summed E-state index contributed by atoms with van der Waals surface area (Å²) in [6.07, 6.45) is -4.64.